The molecule has 3 aromatic rings. The smallest absolute Gasteiger partial charge is 0.225 e. The first-order chi connectivity index (χ1) is 14.0. The standard InChI is InChI=1S/C24H22ClNO3/c1-16(27)19-10-13-22(29-2)20(14-19)15-23(28)26-24(17-6-4-3-5-7-17)18-8-11-21(25)12-9-18/h3-14,24H,15H2,1-2H3,(H,26,28). The van der Waals surface area contributed by atoms with E-state index in [9.17, 15) is 9.59 Å². The average molecular weight is 408 g/mol. The molecule has 1 atom stereocenters. The van der Waals surface area contributed by atoms with Crippen molar-refractivity contribution in [2.45, 2.75) is 19.4 Å². The molecule has 0 bridgehead atoms. The summed E-state index contributed by atoms with van der Waals surface area (Å²) in [6, 6.07) is 22.0. The van der Waals surface area contributed by atoms with Crippen LogP contribution < -0.4 is 10.1 Å². The van der Waals surface area contributed by atoms with E-state index in [1.54, 1.807) is 37.4 Å². The van der Waals surface area contributed by atoms with Crippen LogP contribution in [0.15, 0.2) is 72.8 Å². The van der Waals surface area contributed by atoms with Crippen LogP contribution in [0.1, 0.15) is 40.0 Å². The van der Waals surface area contributed by atoms with Gasteiger partial charge in [0.15, 0.2) is 5.78 Å². The molecule has 0 aliphatic heterocycles. The monoisotopic (exact) mass is 407 g/mol. The fourth-order valence-corrected chi connectivity index (χ4v) is 3.31. The number of carbonyl (C=O) groups excluding carboxylic acids is 2. The molecule has 0 aromatic heterocycles. The third-order valence-electron chi connectivity index (χ3n) is 4.68. The molecule has 0 aliphatic carbocycles. The summed E-state index contributed by atoms with van der Waals surface area (Å²) in [5.74, 6) is 0.346. The number of rotatable bonds is 7. The molecule has 5 heteroatoms. The molecule has 29 heavy (non-hydrogen) atoms. The summed E-state index contributed by atoms with van der Waals surface area (Å²) in [7, 11) is 1.55. The molecule has 1 N–H and O–H groups in total. The molecule has 4 nitrogen and oxygen atoms in total. The average Bonchev–Trinajstić information content (AvgIpc) is 2.73. The molecule has 0 fully saturated rings. The van der Waals surface area contributed by atoms with Gasteiger partial charge in [-0.3, -0.25) is 9.59 Å². The Bertz CT molecular complexity index is 1000. The highest BCUT2D eigenvalue weighted by atomic mass is 35.5. The zero-order valence-corrected chi connectivity index (χ0v) is 17.1. The number of methoxy groups -OCH3 is 1. The second kappa shape index (κ2) is 9.39. The molecular formula is C24H22ClNO3. The van der Waals surface area contributed by atoms with E-state index < -0.39 is 0 Å². The van der Waals surface area contributed by atoms with Crippen molar-refractivity contribution in [1.82, 2.24) is 5.32 Å². The van der Waals surface area contributed by atoms with Crippen molar-refractivity contribution in [2.75, 3.05) is 7.11 Å². The Hall–Kier alpha value is -3.11. The lowest BCUT2D eigenvalue weighted by atomic mass is 9.98. The van der Waals surface area contributed by atoms with Crippen LogP contribution in [0.4, 0.5) is 0 Å². The summed E-state index contributed by atoms with van der Waals surface area (Å²) in [6.07, 6.45) is 0.0984. The number of benzene rings is 3. The molecule has 0 heterocycles. The molecule has 0 saturated heterocycles. The molecule has 1 unspecified atom stereocenters. The van der Waals surface area contributed by atoms with Crippen molar-refractivity contribution >= 4 is 23.3 Å². The van der Waals surface area contributed by atoms with Crippen molar-refractivity contribution in [3.63, 3.8) is 0 Å². The van der Waals surface area contributed by atoms with Crippen LogP contribution in [0.2, 0.25) is 5.02 Å². The van der Waals surface area contributed by atoms with Crippen LogP contribution >= 0.6 is 11.6 Å². The molecule has 3 rings (SSSR count). The van der Waals surface area contributed by atoms with Gasteiger partial charge in [-0.2, -0.15) is 0 Å². The van der Waals surface area contributed by atoms with E-state index in [0.29, 0.717) is 21.9 Å². The number of Topliss-reactive ketones (excluding diaryl/α,β-unsaturated/α-hetero) is 1. The Morgan fingerprint density at radius 2 is 1.62 bits per heavy atom. The van der Waals surface area contributed by atoms with Gasteiger partial charge in [0, 0.05) is 16.1 Å². The Morgan fingerprint density at radius 1 is 0.966 bits per heavy atom. The number of carbonyl (C=O) groups is 2. The minimum absolute atomic E-state index is 0.0577. The lowest BCUT2D eigenvalue weighted by Crippen LogP contribution is -2.30. The highest BCUT2D eigenvalue weighted by molar-refractivity contribution is 6.30. The predicted octanol–water partition coefficient (Wildman–Crippen LogP) is 5.00. The van der Waals surface area contributed by atoms with Crippen LogP contribution in [-0.4, -0.2) is 18.8 Å². The highest BCUT2D eigenvalue weighted by Crippen LogP contribution is 2.25. The van der Waals surface area contributed by atoms with Gasteiger partial charge in [-0.25, -0.2) is 0 Å². The van der Waals surface area contributed by atoms with E-state index >= 15 is 0 Å². The molecule has 148 valence electrons. The minimum Gasteiger partial charge on any atom is -0.496 e. The summed E-state index contributed by atoms with van der Waals surface area (Å²) in [6.45, 7) is 1.50. The van der Waals surface area contributed by atoms with Crippen molar-refractivity contribution in [1.29, 1.82) is 0 Å². The van der Waals surface area contributed by atoms with Crippen molar-refractivity contribution in [2.24, 2.45) is 0 Å². The predicted molar refractivity (Wildman–Crippen MR) is 115 cm³/mol. The Morgan fingerprint density at radius 3 is 2.24 bits per heavy atom. The number of ether oxygens (including phenoxy) is 1. The second-order valence-electron chi connectivity index (χ2n) is 6.72. The molecule has 0 radical (unpaired) electrons. The lowest BCUT2D eigenvalue weighted by Gasteiger charge is -2.20. The lowest BCUT2D eigenvalue weighted by molar-refractivity contribution is -0.121. The normalized spacial score (nSPS) is 11.6. The molecule has 0 saturated carbocycles. The van der Waals surface area contributed by atoms with Crippen molar-refractivity contribution < 1.29 is 14.3 Å². The first-order valence-electron chi connectivity index (χ1n) is 9.25. The van der Waals surface area contributed by atoms with Crippen LogP contribution in [0.5, 0.6) is 5.75 Å². The maximum absolute atomic E-state index is 12.9. The van der Waals surface area contributed by atoms with Crippen LogP contribution in [0.25, 0.3) is 0 Å². The summed E-state index contributed by atoms with van der Waals surface area (Å²) >= 11 is 6.02. The fourth-order valence-electron chi connectivity index (χ4n) is 3.18. The third kappa shape index (κ3) is 5.24. The van der Waals surface area contributed by atoms with E-state index in [2.05, 4.69) is 5.32 Å². The van der Waals surface area contributed by atoms with Gasteiger partial charge < -0.3 is 10.1 Å². The maximum atomic E-state index is 12.9. The highest BCUT2D eigenvalue weighted by Gasteiger charge is 2.18. The summed E-state index contributed by atoms with van der Waals surface area (Å²) in [4.78, 5) is 24.6. The third-order valence-corrected chi connectivity index (χ3v) is 4.93. The zero-order valence-electron chi connectivity index (χ0n) is 16.3. The number of halogens is 1. The van der Waals surface area contributed by atoms with Gasteiger partial charge in [0.05, 0.1) is 19.6 Å². The summed E-state index contributed by atoms with van der Waals surface area (Å²) < 4.78 is 5.36. The molecule has 3 aromatic carbocycles. The Labute approximate surface area is 175 Å². The van der Waals surface area contributed by atoms with Crippen LogP contribution in [0.3, 0.4) is 0 Å². The first kappa shape index (κ1) is 20.6. The van der Waals surface area contributed by atoms with Gasteiger partial charge in [-0.15, -0.1) is 0 Å². The molecule has 0 spiro atoms. The molecule has 0 aliphatic rings. The quantitative estimate of drug-likeness (QED) is 0.561. The topological polar surface area (TPSA) is 55.4 Å². The number of amides is 1. The number of hydrogen-bond donors (Lipinski definition) is 1. The van der Waals surface area contributed by atoms with Gasteiger partial charge in [-0.1, -0.05) is 54.1 Å². The van der Waals surface area contributed by atoms with Gasteiger partial charge in [-0.05, 0) is 48.4 Å². The Balaban J connectivity index is 1.87. The SMILES string of the molecule is COc1ccc(C(C)=O)cc1CC(=O)NC(c1ccccc1)c1ccc(Cl)cc1. The van der Waals surface area contributed by atoms with E-state index in [0.717, 1.165) is 11.1 Å². The van der Waals surface area contributed by atoms with E-state index in [4.69, 9.17) is 16.3 Å². The van der Waals surface area contributed by atoms with Gasteiger partial charge in [0.2, 0.25) is 5.91 Å². The molecule has 1 amide bonds. The van der Waals surface area contributed by atoms with Gasteiger partial charge in [0.25, 0.3) is 0 Å². The minimum atomic E-state index is -0.317. The Kier molecular flexibility index (Phi) is 6.68. The van der Waals surface area contributed by atoms with Crippen LogP contribution in [0, 0.1) is 0 Å². The van der Waals surface area contributed by atoms with Gasteiger partial charge >= 0.3 is 0 Å². The summed E-state index contributed by atoms with van der Waals surface area (Å²) in [5.41, 5.74) is 3.11. The fraction of sp³-hybridized carbons (Fsp3) is 0.167. The first-order valence-corrected chi connectivity index (χ1v) is 9.63. The van der Waals surface area contributed by atoms with Crippen LogP contribution in [-0.2, 0) is 11.2 Å². The zero-order chi connectivity index (χ0) is 20.8. The van der Waals surface area contributed by atoms with E-state index in [1.807, 2.05) is 42.5 Å². The van der Waals surface area contributed by atoms with Gasteiger partial charge in [0.1, 0.15) is 5.75 Å². The largest absolute Gasteiger partial charge is 0.496 e. The van der Waals surface area contributed by atoms with Crippen molar-refractivity contribution in [3.8, 4) is 5.75 Å². The summed E-state index contributed by atoms with van der Waals surface area (Å²) in [5, 5.41) is 3.73. The molecular weight excluding hydrogens is 386 g/mol. The number of nitrogens with one attached hydrogen (secondary N) is 1. The maximum Gasteiger partial charge on any atom is 0.225 e. The number of hydrogen-bond acceptors (Lipinski definition) is 3. The second-order valence-corrected chi connectivity index (χ2v) is 7.16. The number of ketones is 1. The van der Waals surface area contributed by atoms with E-state index in [1.165, 1.54) is 6.92 Å². The van der Waals surface area contributed by atoms with E-state index in [-0.39, 0.29) is 24.2 Å². The van der Waals surface area contributed by atoms with Crippen molar-refractivity contribution in [3.05, 3.63) is 100 Å².